The summed E-state index contributed by atoms with van der Waals surface area (Å²) in [6.07, 6.45) is -0.127. The van der Waals surface area contributed by atoms with E-state index < -0.39 is 17.8 Å². The van der Waals surface area contributed by atoms with Crippen LogP contribution in [0.15, 0.2) is 18.2 Å². The fourth-order valence-corrected chi connectivity index (χ4v) is 2.24. The van der Waals surface area contributed by atoms with Gasteiger partial charge in [0.25, 0.3) is 5.91 Å². The molecule has 0 saturated heterocycles. The number of hydrogen-bond donors (Lipinski definition) is 4. The molecule has 1 aliphatic heterocycles. The Morgan fingerprint density at radius 2 is 2.09 bits per heavy atom. The number of phenolic OH excluding ortho intramolecular Hbond substituents is 1. The van der Waals surface area contributed by atoms with Crippen LogP contribution in [0.4, 0.5) is 5.82 Å². The lowest BCUT2D eigenvalue weighted by atomic mass is 10.1. The molecule has 9 nitrogen and oxygen atoms in total. The molecule has 2 amide bonds. The highest BCUT2D eigenvalue weighted by molar-refractivity contribution is 6.12. The molecular formula is C13H10N4O5. The Labute approximate surface area is 123 Å². The minimum absolute atomic E-state index is 0.00653. The number of rotatable bonds is 2. The molecule has 1 aromatic carbocycles. The van der Waals surface area contributed by atoms with Crippen LogP contribution in [-0.2, 0) is 11.2 Å². The molecule has 0 fully saturated rings. The van der Waals surface area contributed by atoms with E-state index in [2.05, 4.69) is 10.4 Å². The second-order valence-electron chi connectivity index (χ2n) is 4.68. The molecular weight excluding hydrogens is 292 g/mol. The van der Waals surface area contributed by atoms with Crippen LogP contribution >= 0.6 is 0 Å². The number of anilines is 1. The molecule has 2 heterocycles. The molecule has 0 unspecified atom stereocenters. The molecule has 1 aliphatic rings. The van der Waals surface area contributed by atoms with Crippen molar-refractivity contribution < 1.29 is 24.6 Å². The SMILES string of the molecule is Nc1c2c(nn1-c1cc(C(=O)O)ccc1O)CC(=O)NC2=O. The largest absolute Gasteiger partial charge is 0.506 e. The topological polar surface area (TPSA) is 148 Å². The van der Waals surface area contributed by atoms with E-state index in [1.807, 2.05) is 0 Å². The number of hydrogen-bond acceptors (Lipinski definition) is 6. The number of phenols is 1. The third kappa shape index (κ3) is 1.95. The van der Waals surface area contributed by atoms with Gasteiger partial charge in [-0.25, -0.2) is 9.48 Å². The zero-order valence-corrected chi connectivity index (χ0v) is 11.0. The van der Waals surface area contributed by atoms with Crippen molar-refractivity contribution in [2.45, 2.75) is 6.42 Å². The molecule has 9 heteroatoms. The molecule has 112 valence electrons. The number of aromatic nitrogens is 2. The Hall–Kier alpha value is -3.36. The van der Waals surface area contributed by atoms with E-state index in [1.165, 1.54) is 18.2 Å². The normalized spacial score (nSPS) is 13.6. The van der Waals surface area contributed by atoms with Gasteiger partial charge < -0.3 is 15.9 Å². The van der Waals surface area contributed by atoms with Gasteiger partial charge in [-0.05, 0) is 18.2 Å². The molecule has 2 aromatic rings. The Bertz CT molecular complexity index is 839. The number of nitrogens with zero attached hydrogens (tertiary/aromatic N) is 2. The van der Waals surface area contributed by atoms with Crippen molar-refractivity contribution in [1.82, 2.24) is 15.1 Å². The Morgan fingerprint density at radius 3 is 2.77 bits per heavy atom. The van der Waals surface area contributed by atoms with Crippen LogP contribution in [0.2, 0.25) is 0 Å². The third-order valence-electron chi connectivity index (χ3n) is 3.25. The van der Waals surface area contributed by atoms with Gasteiger partial charge in [0.2, 0.25) is 5.91 Å². The van der Waals surface area contributed by atoms with Crippen LogP contribution < -0.4 is 11.1 Å². The van der Waals surface area contributed by atoms with Crippen LogP contribution in [0, 0.1) is 0 Å². The minimum Gasteiger partial charge on any atom is -0.506 e. The standard InChI is InChI=1S/C13H10N4O5/c14-11-10-6(4-9(19)15-12(10)20)16-17(11)7-3-5(13(21)22)1-2-8(7)18/h1-3,18H,4,14H2,(H,21,22)(H,15,19,20). The minimum atomic E-state index is -1.19. The van der Waals surface area contributed by atoms with Crippen molar-refractivity contribution in [2.75, 3.05) is 5.73 Å². The van der Waals surface area contributed by atoms with Gasteiger partial charge in [0.15, 0.2) is 0 Å². The van der Waals surface area contributed by atoms with Gasteiger partial charge >= 0.3 is 5.97 Å². The molecule has 0 saturated carbocycles. The van der Waals surface area contributed by atoms with E-state index in [1.54, 1.807) is 0 Å². The van der Waals surface area contributed by atoms with Gasteiger partial charge in [0.1, 0.15) is 22.8 Å². The summed E-state index contributed by atoms with van der Waals surface area (Å²) in [6.45, 7) is 0. The molecule has 22 heavy (non-hydrogen) atoms. The van der Waals surface area contributed by atoms with Crippen LogP contribution in [0.25, 0.3) is 5.69 Å². The monoisotopic (exact) mass is 302 g/mol. The highest BCUT2D eigenvalue weighted by atomic mass is 16.4. The van der Waals surface area contributed by atoms with Gasteiger partial charge in [-0.3, -0.25) is 14.9 Å². The molecule has 0 aliphatic carbocycles. The van der Waals surface area contributed by atoms with Crippen molar-refractivity contribution >= 4 is 23.6 Å². The average molecular weight is 302 g/mol. The number of carbonyl (C=O) groups excluding carboxylic acids is 2. The zero-order valence-electron chi connectivity index (χ0n) is 11.0. The van der Waals surface area contributed by atoms with Gasteiger partial charge in [-0.1, -0.05) is 0 Å². The lowest BCUT2D eigenvalue weighted by molar-refractivity contribution is -0.119. The van der Waals surface area contributed by atoms with Crippen molar-refractivity contribution in [3.8, 4) is 11.4 Å². The summed E-state index contributed by atoms with van der Waals surface area (Å²) >= 11 is 0. The van der Waals surface area contributed by atoms with Crippen molar-refractivity contribution in [2.24, 2.45) is 0 Å². The number of nitrogens with two attached hydrogens (primary N) is 1. The summed E-state index contributed by atoms with van der Waals surface area (Å²) < 4.78 is 1.05. The lowest BCUT2D eigenvalue weighted by Gasteiger charge is -2.09. The van der Waals surface area contributed by atoms with Gasteiger partial charge in [-0.15, -0.1) is 0 Å². The predicted octanol–water partition coefficient (Wildman–Crippen LogP) is -0.329. The quantitative estimate of drug-likeness (QED) is 0.555. The number of benzene rings is 1. The van der Waals surface area contributed by atoms with E-state index >= 15 is 0 Å². The van der Waals surface area contributed by atoms with Crippen LogP contribution in [0.5, 0.6) is 5.75 Å². The van der Waals surface area contributed by atoms with Crippen LogP contribution in [-0.4, -0.2) is 37.8 Å². The second-order valence-corrected chi connectivity index (χ2v) is 4.68. The Balaban J connectivity index is 2.20. The smallest absolute Gasteiger partial charge is 0.335 e. The first-order valence-electron chi connectivity index (χ1n) is 6.16. The van der Waals surface area contributed by atoms with Gasteiger partial charge in [-0.2, -0.15) is 5.10 Å². The molecule has 0 radical (unpaired) electrons. The number of aromatic hydroxyl groups is 1. The summed E-state index contributed by atoms with van der Waals surface area (Å²) in [4.78, 5) is 34.2. The number of amides is 2. The maximum absolute atomic E-state index is 11.8. The van der Waals surface area contributed by atoms with Crippen molar-refractivity contribution in [3.63, 3.8) is 0 Å². The van der Waals surface area contributed by atoms with Crippen LogP contribution in [0.1, 0.15) is 26.4 Å². The van der Waals surface area contributed by atoms with Crippen molar-refractivity contribution in [1.29, 1.82) is 0 Å². The first-order chi connectivity index (χ1) is 10.4. The number of imide groups is 1. The molecule has 1 aromatic heterocycles. The highest BCUT2D eigenvalue weighted by Gasteiger charge is 2.30. The number of fused-ring (bicyclic) bond motifs is 1. The van der Waals surface area contributed by atoms with E-state index in [9.17, 15) is 19.5 Å². The van der Waals surface area contributed by atoms with Gasteiger partial charge in [0.05, 0.1) is 17.7 Å². The number of carboxylic acids is 1. The zero-order chi connectivity index (χ0) is 16.0. The maximum Gasteiger partial charge on any atom is 0.335 e. The molecule has 3 rings (SSSR count). The van der Waals surface area contributed by atoms with E-state index in [-0.39, 0.29) is 40.5 Å². The number of nitrogens with one attached hydrogen (secondary N) is 1. The predicted molar refractivity (Wildman–Crippen MR) is 72.8 cm³/mol. The second kappa shape index (κ2) is 4.58. The summed E-state index contributed by atoms with van der Waals surface area (Å²) in [7, 11) is 0. The maximum atomic E-state index is 11.8. The van der Waals surface area contributed by atoms with Crippen molar-refractivity contribution in [3.05, 3.63) is 35.0 Å². The highest BCUT2D eigenvalue weighted by Crippen LogP contribution is 2.29. The fourth-order valence-electron chi connectivity index (χ4n) is 2.24. The Morgan fingerprint density at radius 1 is 1.36 bits per heavy atom. The number of aromatic carboxylic acids is 1. The first kappa shape index (κ1) is 13.6. The molecule has 5 N–H and O–H groups in total. The van der Waals surface area contributed by atoms with Gasteiger partial charge in [0, 0.05) is 0 Å². The van der Waals surface area contributed by atoms with E-state index in [0.717, 1.165) is 4.68 Å². The summed E-state index contributed by atoms with van der Waals surface area (Å²) in [5, 5.41) is 25.1. The number of carboxylic acid groups (broad SMARTS) is 1. The lowest BCUT2D eigenvalue weighted by Crippen LogP contribution is -2.37. The summed E-state index contributed by atoms with van der Waals surface area (Å²) in [6, 6.07) is 3.58. The molecule has 0 atom stereocenters. The summed E-state index contributed by atoms with van der Waals surface area (Å²) in [5.41, 5.74) is 6.00. The molecule has 0 bridgehead atoms. The van der Waals surface area contributed by atoms with E-state index in [0.29, 0.717) is 0 Å². The average Bonchev–Trinajstić information content (AvgIpc) is 2.76. The fraction of sp³-hybridized carbons (Fsp3) is 0.0769. The third-order valence-corrected chi connectivity index (χ3v) is 3.25. The Kier molecular flexibility index (Phi) is 2.84. The van der Waals surface area contributed by atoms with E-state index in [4.69, 9.17) is 10.8 Å². The first-order valence-corrected chi connectivity index (χ1v) is 6.16. The number of carbonyl (C=O) groups is 3. The summed E-state index contributed by atoms with van der Waals surface area (Å²) in [5.74, 6) is -2.72. The number of nitrogen functional groups attached to an aromatic ring is 1. The van der Waals surface area contributed by atoms with Crippen LogP contribution in [0.3, 0.4) is 0 Å². The molecule has 0 spiro atoms.